The van der Waals surface area contributed by atoms with Crippen LogP contribution in [0.15, 0.2) is 18.2 Å². The number of ether oxygens (including phenoxy) is 1. The van der Waals surface area contributed by atoms with E-state index in [0.29, 0.717) is 0 Å². The van der Waals surface area contributed by atoms with E-state index in [1.807, 2.05) is 0 Å². The fourth-order valence-electron chi connectivity index (χ4n) is 1.79. The van der Waals surface area contributed by atoms with Crippen molar-refractivity contribution < 1.29 is 14.9 Å². The molecule has 0 radical (unpaired) electrons. The Bertz CT molecular complexity index is 316. The summed E-state index contributed by atoms with van der Waals surface area (Å²) in [6.45, 7) is 0.755. The predicted octanol–water partition coefficient (Wildman–Crippen LogP) is 2.34. The van der Waals surface area contributed by atoms with Crippen LogP contribution in [-0.4, -0.2) is 16.8 Å². The Morgan fingerprint density at radius 2 is 2.07 bits per heavy atom. The predicted molar refractivity (Wildman–Crippen MR) is 52.3 cm³/mol. The van der Waals surface area contributed by atoms with Crippen LogP contribution in [0.3, 0.4) is 0 Å². The zero-order valence-electron chi connectivity index (χ0n) is 7.94. The van der Waals surface area contributed by atoms with E-state index >= 15 is 0 Å². The molecule has 76 valence electrons. The van der Waals surface area contributed by atoms with Gasteiger partial charge in [-0.05, 0) is 31.4 Å². The van der Waals surface area contributed by atoms with Crippen molar-refractivity contribution in [3.8, 4) is 11.5 Å². The minimum Gasteiger partial charge on any atom is -0.508 e. The van der Waals surface area contributed by atoms with E-state index in [2.05, 4.69) is 0 Å². The van der Waals surface area contributed by atoms with Crippen LogP contribution < -0.4 is 0 Å². The van der Waals surface area contributed by atoms with Crippen LogP contribution >= 0.6 is 0 Å². The van der Waals surface area contributed by atoms with Crippen molar-refractivity contribution in [1.82, 2.24) is 0 Å². The molecule has 1 unspecified atom stereocenters. The first kappa shape index (κ1) is 9.34. The Labute approximate surface area is 83.0 Å². The third kappa shape index (κ3) is 1.82. The molecule has 1 aliphatic rings. The molecule has 14 heavy (non-hydrogen) atoms. The fraction of sp³-hybridized carbons (Fsp3) is 0.455. The summed E-state index contributed by atoms with van der Waals surface area (Å²) in [5, 5.41) is 18.7. The molecule has 1 aromatic carbocycles. The van der Waals surface area contributed by atoms with Gasteiger partial charge >= 0.3 is 0 Å². The number of aromatic hydroxyl groups is 2. The lowest BCUT2D eigenvalue weighted by molar-refractivity contribution is 0.0136. The van der Waals surface area contributed by atoms with E-state index < -0.39 is 0 Å². The van der Waals surface area contributed by atoms with Crippen molar-refractivity contribution in [2.45, 2.75) is 25.4 Å². The molecule has 1 aromatic rings. The topological polar surface area (TPSA) is 49.7 Å². The van der Waals surface area contributed by atoms with Crippen molar-refractivity contribution in [3.05, 3.63) is 23.8 Å². The summed E-state index contributed by atoms with van der Waals surface area (Å²) < 4.78 is 5.54. The minimum absolute atomic E-state index is 0.00986. The second kappa shape index (κ2) is 3.88. The Kier molecular flexibility index (Phi) is 2.59. The summed E-state index contributed by atoms with van der Waals surface area (Å²) >= 11 is 0. The molecule has 2 rings (SSSR count). The summed E-state index contributed by atoms with van der Waals surface area (Å²) in [5.74, 6) is 0.207. The standard InChI is InChI=1S/C11H14O3/c12-8-4-5-9(10(13)7-8)11-3-1-2-6-14-11/h4-5,7,11-13H,1-3,6H2. The Hall–Kier alpha value is -1.22. The van der Waals surface area contributed by atoms with Crippen molar-refractivity contribution >= 4 is 0 Å². The van der Waals surface area contributed by atoms with Crippen LogP contribution in [0.5, 0.6) is 11.5 Å². The lowest BCUT2D eigenvalue weighted by atomic mass is 10.0. The SMILES string of the molecule is Oc1ccc(C2CCCCO2)c(O)c1. The van der Waals surface area contributed by atoms with E-state index in [-0.39, 0.29) is 17.6 Å². The molecular weight excluding hydrogens is 180 g/mol. The average Bonchev–Trinajstić information content (AvgIpc) is 2.19. The van der Waals surface area contributed by atoms with Gasteiger partial charge in [0, 0.05) is 18.2 Å². The molecule has 1 heterocycles. The van der Waals surface area contributed by atoms with Crippen LogP contribution in [0.2, 0.25) is 0 Å². The van der Waals surface area contributed by atoms with Crippen LogP contribution in [0.25, 0.3) is 0 Å². The number of phenolic OH excluding ortho intramolecular Hbond substituents is 2. The van der Waals surface area contributed by atoms with Gasteiger partial charge < -0.3 is 14.9 Å². The fourth-order valence-corrected chi connectivity index (χ4v) is 1.79. The van der Waals surface area contributed by atoms with Gasteiger partial charge in [0.2, 0.25) is 0 Å². The molecule has 1 fully saturated rings. The van der Waals surface area contributed by atoms with Gasteiger partial charge in [-0.1, -0.05) is 0 Å². The molecule has 2 N–H and O–H groups in total. The molecule has 3 heteroatoms. The number of phenols is 2. The number of hydrogen-bond acceptors (Lipinski definition) is 3. The van der Waals surface area contributed by atoms with Crippen molar-refractivity contribution in [3.63, 3.8) is 0 Å². The average molecular weight is 194 g/mol. The van der Waals surface area contributed by atoms with Gasteiger partial charge in [0.25, 0.3) is 0 Å². The monoisotopic (exact) mass is 194 g/mol. The molecule has 1 atom stereocenters. The Balaban J connectivity index is 2.22. The van der Waals surface area contributed by atoms with Gasteiger partial charge in [0.15, 0.2) is 0 Å². The van der Waals surface area contributed by atoms with E-state index in [1.54, 1.807) is 12.1 Å². The van der Waals surface area contributed by atoms with Gasteiger partial charge in [-0.15, -0.1) is 0 Å². The highest BCUT2D eigenvalue weighted by atomic mass is 16.5. The molecule has 0 aromatic heterocycles. The van der Waals surface area contributed by atoms with Gasteiger partial charge in [-0.3, -0.25) is 0 Å². The summed E-state index contributed by atoms with van der Waals surface area (Å²) in [7, 11) is 0. The van der Waals surface area contributed by atoms with E-state index in [1.165, 1.54) is 6.07 Å². The third-order valence-corrected chi connectivity index (χ3v) is 2.54. The van der Waals surface area contributed by atoms with Crippen LogP contribution in [0, 0.1) is 0 Å². The first-order valence-corrected chi connectivity index (χ1v) is 4.91. The quantitative estimate of drug-likeness (QED) is 0.721. The van der Waals surface area contributed by atoms with Crippen LogP contribution in [-0.2, 0) is 4.74 Å². The van der Waals surface area contributed by atoms with Gasteiger partial charge in [0.05, 0.1) is 6.10 Å². The van der Waals surface area contributed by atoms with Crippen molar-refractivity contribution in [2.75, 3.05) is 6.61 Å². The van der Waals surface area contributed by atoms with E-state index in [4.69, 9.17) is 9.84 Å². The number of benzene rings is 1. The zero-order valence-corrected chi connectivity index (χ0v) is 7.94. The Morgan fingerprint density at radius 3 is 2.71 bits per heavy atom. The lowest BCUT2D eigenvalue weighted by Gasteiger charge is -2.23. The number of hydrogen-bond donors (Lipinski definition) is 2. The number of rotatable bonds is 1. The highest BCUT2D eigenvalue weighted by Crippen LogP contribution is 2.34. The molecule has 1 saturated heterocycles. The highest BCUT2D eigenvalue weighted by molar-refractivity contribution is 5.40. The second-order valence-corrected chi connectivity index (χ2v) is 3.60. The van der Waals surface area contributed by atoms with Crippen molar-refractivity contribution in [1.29, 1.82) is 0 Å². The van der Waals surface area contributed by atoms with E-state index in [0.717, 1.165) is 31.4 Å². The smallest absolute Gasteiger partial charge is 0.125 e. The van der Waals surface area contributed by atoms with E-state index in [9.17, 15) is 5.11 Å². The maximum Gasteiger partial charge on any atom is 0.125 e. The molecular formula is C11H14O3. The lowest BCUT2D eigenvalue weighted by Crippen LogP contribution is -2.11. The molecule has 0 amide bonds. The Morgan fingerprint density at radius 1 is 1.21 bits per heavy atom. The van der Waals surface area contributed by atoms with Gasteiger partial charge in [-0.2, -0.15) is 0 Å². The minimum atomic E-state index is -0.00986. The molecule has 0 bridgehead atoms. The molecule has 0 saturated carbocycles. The van der Waals surface area contributed by atoms with Gasteiger partial charge in [0.1, 0.15) is 11.5 Å². The molecule has 1 aliphatic heterocycles. The summed E-state index contributed by atoms with van der Waals surface area (Å²) in [6.07, 6.45) is 3.16. The zero-order chi connectivity index (χ0) is 9.97. The maximum absolute atomic E-state index is 9.60. The normalized spacial score (nSPS) is 22.1. The third-order valence-electron chi connectivity index (χ3n) is 2.54. The molecule has 0 aliphatic carbocycles. The van der Waals surface area contributed by atoms with Crippen molar-refractivity contribution in [2.24, 2.45) is 0 Å². The summed E-state index contributed by atoms with van der Waals surface area (Å²) in [4.78, 5) is 0. The molecule has 3 nitrogen and oxygen atoms in total. The van der Waals surface area contributed by atoms with Crippen LogP contribution in [0.4, 0.5) is 0 Å². The summed E-state index contributed by atoms with van der Waals surface area (Å²) in [6, 6.07) is 4.65. The first-order chi connectivity index (χ1) is 6.77. The highest BCUT2D eigenvalue weighted by Gasteiger charge is 2.18. The summed E-state index contributed by atoms with van der Waals surface area (Å²) in [5.41, 5.74) is 0.780. The van der Waals surface area contributed by atoms with Gasteiger partial charge in [-0.25, -0.2) is 0 Å². The molecule has 0 spiro atoms. The first-order valence-electron chi connectivity index (χ1n) is 4.91. The second-order valence-electron chi connectivity index (χ2n) is 3.60. The maximum atomic E-state index is 9.60. The largest absolute Gasteiger partial charge is 0.508 e. The van der Waals surface area contributed by atoms with Crippen LogP contribution in [0.1, 0.15) is 30.9 Å².